The van der Waals surface area contributed by atoms with Gasteiger partial charge in [0.1, 0.15) is 0 Å². The van der Waals surface area contributed by atoms with Crippen LogP contribution >= 0.6 is 11.8 Å². The number of thioether (sulfide) groups is 1. The van der Waals surface area contributed by atoms with Crippen molar-refractivity contribution in [2.75, 3.05) is 11.5 Å². The van der Waals surface area contributed by atoms with Crippen molar-refractivity contribution in [3.8, 4) is 0 Å². The van der Waals surface area contributed by atoms with Gasteiger partial charge in [-0.1, -0.05) is 19.4 Å². The number of nitrogens with one attached hydrogen (secondary N) is 1. The molecular formula is C11H19NO3S. The molecule has 0 aromatic carbocycles. The number of hydrogen-bond donors (Lipinski definition) is 2. The van der Waals surface area contributed by atoms with Crippen LogP contribution in [0, 0.1) is 0 Å². The first-order valence-corrected chi connectivity index (χ1v) is 6.45. The molecule has 0 aromatic heterocycles. The molecule has 92 valence electrons. The molecule has 0 rings (SSSR count). The zero-order valence-corrected chi connectivity index (χ0v) is 10.4. The summed E-state index contributed by atoms with van der Waals surface area (Å²) >= 11 is 1.46. The Morgan fingerprint density at radius 2 is 2.25 bits per heavy atom. The van der Waals surface area contributed by atoms with Gasteiger partial charge in [-0.05, 0) is 6.42 Å². The van der Waals surface area contributed by atoms with E-state index < -0.39 is 5.97 Å². The number of amides is 1. The molecule has 0 spiro atoms. The fourth-order valence-corrected chi connectivity index (χ4v) is 1.84. The van der Waals surface area contributed by atoms with Crippen LogP contribution in [0.25, 0.3) is 0 Å². The summed E-state index contributed by atoms with van der Waals surface area (Å²) in [6, 6.07) is -0.251. The second-order valence-corrected chi connectivity index (χ2v) is 4.49. The van der Waals surface area contributed by atoms with Crippen LogP contribution < -0.4 is 5.32 Å². The zero-order valence-electron chi connectivity index (χ0n) is 9.57. The van der Waals surface area contributed by atoms with E-state index in [0.717, 1.165) is 12.2 Å². The van der Waals surface area contributed by atoms with Crippen molar-refractivity contribution < 1.29 is 14.7 Å². The van der Waals surface area contributed by atoms with E-state index in [0.29, 0.717) is 12.2 Å². The minimum atomic E-state index is -0.877. The second kappa shape index (κ2) is 9.27. The second-order valence-electron chi connectivity index (χ2n) is 3.45. The highest BCUT2D eigenvalue weighted by atomic mass is 32.2. The summed E-state index contributed by atoms with van der Waals surface area (Å²) in [5, 5.41) is 11.4. The van der Waals surface area contributed by atoms with Crippen molar-refractivity contribution in [3.05, 3.63) is 12.7 Å². The smallest absolute Gasteiger partial charge is 0.305 e. The first-order chi connectivity index (χ1) is 7.60. The first-order valence-electron chi connectivity index (χ1n) is 5.30. The van der Waals surface area contributed by atoms with Crippen LogP contribution in [-0.4, -0.2) is 34.5 Å². The summed E-state index contributed by atoms with van der Waals surface area (Å²) in [4.78, 5) is 22.0. The Labute approximate surface area is 100 Å². The Hall–Kier alpha value is -0.970. The Bertz CT molecular complexity index is 243. The molecule has 0 aliphatic carbocycles. The van der Waals surface area contributed by atoms with Crippen molar-refractivity contribution in [1.29, 1.82) is 0 Å². The third-order valence-electron chi connectivity index (χ3n) is 1.89. The molecule has 0 aliphatic rings. The number of hydrogen-bond acceptors (Lipinski definition) is 3. The van der Waals surface area contributed by atoms with Gasteiger partial charge in [0.2, 0.25) is 5.91 Å². The maximum atomic E-state index is 11.4. The molecule has 5 heteroatoms. The average Bonchev–Trinajstić information content (AvgIpc) is 2.17. The highest BCUT2D eigenvalue weighted by Crippen LogP contribution is 2.04. The molecule has 4 nitrogen and oxygen atoms in total. The lowest BCUT2D eigenvalue weighted by molar-refractivity contribution is -0.137. The Morgan fingerprint density at radius 1 is 1.56 bits per heavy atom. The van der Waals surface area contributed by atoms with Gasteiger partial charge < -0.3 is 10.4 Å². The van der Waals surface area contributed by atoms with E-state index in [2.05, 4.69) is 11.9 Å². The predicted octanol–water partition coefficient (Wildman–Crippen LogP) is 1.67. The van der Waals surface area contributed by atoms with Crippen LogP contribution in [0.5, 0.6) is 0 Å². The molecule has 0 saturated carbocycles. The molecule has 0 radical (unpaired) electrons. The number of carboxylic acids is 1. The van der Waals surface area contributed by atoms with Gasteiger partial charge in [-0.15, -0.1) is 18.3 Å². The van der Waals surface area contributed by atoms with E-state index in [4.69, 9.17) is 5.11 Å². The maximum Gasteiger partial charge on any atom is 0.305 e. The van der Waals surface area contributed by atoms with Gasteiger partial charge in [0.25, 0.3) is 0 Å². The van der Waals surface area contributed by atoms with Crippen LogP contribution in [0.4, 0.5) is 0 Å². The normalized spacial score (nSPS) is 11.8. The molecule has 2 N–H and O–H groups in total. The standard InChI is InChI=1S/C11H19NO3S/c1-3-5-9(7-11(14)15)12-10(13)8-16-6-4-2/h4,9H,2-3,5-8H2,1H3,(H,12,13)(H,14,15). The van der Waals surface area contributed by atoms with Gasteiger partial charge in [-0.3, -0.25) is 9.59 Å². The fraction of sp³-hybridized carbons (Fsp3) is 0.636. The van der Waals surface area contributed by atoms with Gasteiger partial charge >= 0.3 is 5.97 Å². The molecular weight excluding hydrogens is 226 g/mol. The van der Waals surface area contributed by atoms with Crippen molar-refractivity contribution in [1.82, 2.24) is 5.32 Å². The van der Waals surface area contributed by atoms with E-state index in [1.165, 1.54) is 11.8 Å². The minimum Gasteiger partial charge on any atom is -0.481 e. The third kappa shape index (κ3) is 8.35. The topological polar surface area (TPSA) is 66.4 Å². The number of carbonyl (C=O) groups excluding carboxylic acids is 1. The number of rotatable bonds is 9. The van der Waals surface area contributed by atoms with Crippen molar-refractivity contribution in [3.63, 3.8) is 0 Å². The number of carbonyl (C=O) groups is 2. The monoisotopic (exact) mass is 245 g/mol. The number of carboxylic acid groups (broad SMARTS) is 1. The SMILES string of the molecule is C=CCSCC(=O)NC(CCC)CC(=O)O. The van der Waals surface area contributed by atoms with Crippen molar-refractivity contribution in [2.45, 2.75) is 32.2 Å². The predicted molar refractivity (Wildman–Crippen MR) is 66.6 cm³/mol. The maximum absolute atomic E-state index is 11.4. The molecule has 16 heavy (non-hydrogen) atoms. The summed E-state index contributed by atoms with van der Waals surface area (Å²) in [7, 11) is 0. The highest BCUT2D eigenvalue weighted by Gasteiger charge is 2.14. The van der Waals surface area contributed by atoms with E-state index >= 15 is 0 Å². The molecule has 0 heterocycles. The Kier molecular flexibility index (Phi) is 8.71. The summed E-state index contributed by atoms with van der Waals surface area (Å²) in [6.07, 6.45) is 3.28. The minimum absolute atomic E-state index is 0.00823. The van der Waals surface area contributed by atoms with Crippen LogP contribution in [-0.2, 0) is 9.59 Å². The molecule has 1 unspecified atom stereocenters. The lowest BCUT2D eigenvalue weighted by atomic mass is 10.1. The zero-order chi connectivity index (χ0) is 12.4. The van der Waals surface area contributed by atoms with Crippen LogP contribution in [0.2, 0.25) is 0 Å². The summed E-state index contributed by atoms with van der Waals surface area (Å²) < 4.78 is 0. The summed E-state index contributed by atoms with van der Waals surface area (Å²) in [6.45, 7) is 5.52. The summed E-state index contributed by atoms with van der Waals surface area (Å²) in [5.74, 6) is 0.0976. The quantitative estimate of drug-likeness (QED) is 0.479. The van der Waals surface area contributed by atoms with Gasteiger partial charge in [-0.25, -0.2) is 0 Å². The lowest BCUT2D eigenvalue weighted by Crippen LogP contribution is -2.37. The van der Waals surface area contributed by atoms with Crippen LogP contribution in [0.15, 0.2) is 12.7 Å². The fourth-order valence-electron chi connectivity index (χ4n) is 1.29. The number of aliphatic carboxylic acids is 1. The Balaban J connectivity index is 3.91. The molecule has 0 fully saturated rings. The molecule has 0 aromatic rings. The van der Waals surface area contributed by atoms with Gasteiger partial charge in [0.15, 0.2) is 0 Å². The summed E-state index contributed by atoms with van der Waals surface area (Å²) in [5.41, 5.74) is 0. The molecule has 1 amide bonds. The van der Waals surface area contributed by atoms with E-state index in [1.54, 1.807) is 6.08 Å². The van der Waals surface area contributed by atoms with Crippen LogP contribution in [0.1, 0.15) is 26.2 Å². The third-order valence-corrected chi connectivity index (χ3v) is 2.83. The molecule has 0 bridgehead atoms. The molecule has 0 aliphatic heterocycles. The molecule has 1 atom stereocenters. The Morgan fingerprint density at radius 3 is 2.75 bits per heavy atom. The van der Waals surface area contributed by atoms with Crippen molar-refractivity contribution in [2.24, 2.45) is 0 Å². The van der Waals surface area contributed by atoms with E-state index in [-0.39, 0.29) is 18.4 Å². The van der Waals surface area contributed by atoms with Gasteiger partial charge in [-0.2, -0.15) is 0 Å². The largest absolute Gasteiger partial charge is 0.481 e. The highest BCUT2D eigenvalue weighted by molar-refractivity contribution is 8.00. The van der Waals surface area contributed by atoms with E-state index in [9.17, 15) is 9.59 Å². The van der Waals surface area contributed by atoms with E-state index in [1.807, 2.05) is 6.92 Å². The molecule has 0 saturated heterocycles. The van der Waals surface area contributed by atoms with Crippen molar-refractivity contribution >= 4 is 23.6 Å². The van der Waals surface area contributed by atoms with Gasteiger partial charge in [0.05, 0.1) is 12.2 Å². The average molecular weight is 245 g/mol. The first kappa shape index (κ1) is 15.0. The van der Waals surface area contributed by atoms with Gasteiger partial charge in [0, 0.05) is 11.8 Å². The lowest BCUT2D eigenvalue weighted by Gasteiger charge is -2.15. The van der Waals surface area contributed by atoms with Crippen LogP contribution in [0.3, 0.4) is 0 Å².